The van der Waals surface area contributed by atoms with Gasteiger partial charge in [0.05, 0.1) is 36.7 Å². The lowest BCUT2D eigenvalue weighted by atomic mass is 10.0. The molecular formula is C43H51N5O9S. The molecule has 5 bridgehead atoms. The monoisotopic (exact) mass is 813 g/mol. The van der Waals surface area contributed by atoms with Gasteiger partial charge in [0.25, 0.3) is 5.91 Å². The van der Waals surface area contributed by atoms with E-state index in [-0.39, 0.29) is 31.9 Å². The van der Waals surface area contributed by atoms with Crippen molar-refractivity contribution in [2.75, 3.05) is 20.3 Å². The Labute approximate surface area is 338 Å². The van der Waals surface area contributed by atoms with Crippen molar-refractivity contribution in [2.24, 2.45) is 5.92 Å². The minimum atomic E-state index is -3.89. The van der Waals surface area contributed by atoms with Crippen molar-refractivity contribution in [3.63, 3.8) is 0 Å². The summed E-state index contributed by atoms with van der Waals surface area (Å²) in [4.78, 5) is 62.1. The van der Waals surface area contributed by atoms with Crippen molar-refractivity contribution < 1.29 is 41.8 Å². The van der Waals surface area contributed by atoms with Crippen LogP contribution in [-0.4, -0.2) is 91.9 Å². The maximum Gasteiger partial charge on any atom is 0.407 e. The Balaban J connectivity index is 1.29. The molecule has 15 heteroatoms. The van der Waals surface area contributed by atoms with Crippen LogP contribution in [0, 0.1) is 5.92 Å². The number of nitrogens with one attached hydrogen (secondary N) is 3. The standard InChI is InChI=1S/C43H51N5O9S/c1-27-13-12-16-29-21-32-36(24-38(29)55-2)44-35(28-14-8-7-9-15-28)23-39(32)57-30-22-37-41(50)45-33(40(49)47-58(53,54)31-19-20-31)17-10-5-3-4-6-11-18-34(42(51)48(37)25-30)46-43(52)56-26-27/h5,7-10,12,14-16,21,23-24,27,30-31,33-34,37H,3-4,6,11,13,17-20,22,25-26H2,1-2H3,(H,45,50)(H,46,52)(H,47,49)/b10-5-,16-12+/t27-,30+,33?,34-,37-/m0/s1. The van der Waals surface area contributed by atoms with Crippen LogP contribution in [0.2, 0.25) is 0 Å². The number of hydrogen-bond donors (Lipinski definition) is 3. The van der Waals surface area contributed by atoms with Gasteiger partial charge < -0.3 is 29.7 Å². The number of sulfonamides is 1. The fourth-order valence-corrected chi connectivity index (χ4v) is 8.97. The van der Waals surface area contributed by atoms with Crippen LogP contribution in [0.4, 0.5) is 4.79 Å². The molecule has 3 aliphatic heterocycles. The Morgan fingerprint density at radius 3 is 2.55 bits per heavy atom. The Morgan fingerprint density at radius 1 is 0.966 bits per heavy atom. The summed E-state index contributed by atoms with van der Waals surface area (Å²) >= 11 is 0. The molecule has 5 atom stereocenters. The van der Waals surface area contributed by atoms with E-state index in [2.05, 4.69) is 15.4 Å². The van der Waals surface area contributed by atoms with Gasteiger partial charge in [0.2, 0.25) is 21.8 Å². The summed E-state index contributed by atoms with van der Waals surface area (Å²) in [5.74, 6) is -0.930. The predicted molar refractivity (Wildman–Crippen MR) is 218 cm³/mol. The number of aromatic nitrogens is 1. The zero-order valence-corrected chi connectivity index (χ0v) is 33.7. The Hall–Kier alpha value is -5.44. The molecule has 3 N–H and O–H groups in total. The van der Waals surface area contributed by atoms with Crippen LogP contribution in [-0.2, 0) is 29.1 Å². The molecule has 4 amide bonds. The zero-order chi connectivity index (χ0) is 40.8. The summed E-state index contributed by atoms with van der Waals surface area (Å²) in [5.41, 5.74) is 2.91. The first-order valence-corrected chi connectivity index (χ1v) is 21.7. The lowest BCUT2D eigenvalue weighted by molar-refractivity contribution is -0.141. The average molecular weight is 814 g/mol. The molecular weight excluding hydrogens is 763 g/mol. The quantitative estimate of drug-likeness (QED) is 0.282. The molecule has 1 unspecified atom stereocenters. The maximum atomic E-state index is 14.6. The van der Waals surface area contributed by atoms with Gasteiger partial charge in [0.1, 0.15) is 35.7 Å². The number of allylic oxidation sites excluding steroid dienone is 2. The third-order valence-electron chi connectivity index (χ3n) is 11.0. The molecule has 308 valence electrons. The van der Waals surface area contributed by atoms with Gasteiger partial charge in [-0.25, -0.2) is 18.2 Å². The summed E-state index contributed by atoms with van der Waals surface area (Å²) in [7, 11) is -2.30. The van der Waals surface area contributed by atoms with Crippen molar-refractivity contribution in [2.45, 2.75) is 101 Å². The number of methoxy groups -OCH3 is 1. The van der Waals surface area contributed by atoms with Gasteiger partial charge in [-0.1, -0.05) is 74.4 Å². The van der Waals surface area contributed by atoms with Gasteiger partial charge in [-0.2, -0.15) is 0 Å². The lowest BCUT2D eigenvalue weighted by Crippen LogP contribution is -2.56. The van der Waals surface area contributed by atoms with Crippen LogP contribution >= 0.6 is 0 Å². The minimum absolute atomic E-state index is 0.0125. The molecule has 0 spiro atoms. The molecule has 4 aliphatic rings. The number of pyridine rings is 1. The van der Waals surface area contributed by atoms with Gasteiger partial charge in [-0.05, 0) is 56.9 Å². The second-order valence-corrected chi connectivity index (χ2v) is 17.6. The number of nitrogens with zero attached hydrogens (tertiary/aromatic N) is 2. The molecule has 1 aliphatic carbocycles. The number of fused-ring (bicyclic) bond motifs is 3. The summed E-state index contributed by atoms with van der Waals surface area (Å²) in [5, 5.41) is 5.62. The summed E-state index contributed by atoms with van der Waals surface area (Å²) < 4.78 is 45.9. The first kappa shape index (κ1) is 40.7. The molecule has 1 saturated carbocycles. The molecule has 2 fully saturated rings. The molecule has 7 rings (SSSR count). The Kier molecular flexibility index (Phi) is 12.6. The number of benzene rings is 2. The van der Waals surface area contributed by atoms with E-state index in [0.717, 1.165) is 24.0 Å². The van der Waals surface area contributed by atoms with E-state index in [0.29, 0.717) is 66.6 Å². The van der Waals surface area contributed by atoms with Crippen LogP contribution in [0.15, 0.2) is 66.8 Å². The van der Waals surface area contributed by atoms with Crippen molar-refractivity contribution in [1.82, 2.24) is 25.2 Å². The van der Waals surface area contributed by atoms with E-state index in [1.54, 1.807) is 13.2 Å². The number of carbonyl (C=O) groups excluding carboxylic acids is 4. The SMILES string of the molecule is COc1cc2nc(-c3ccccc3)cc3c2cc1/C=C/C[C@H](C)COC(=O)N[C@H]1CCCCC/C=C\CC(C(=O)NS(=O)(=O)C2CC2)NC(=O)[C@@H]2C[C@H](CN2C1=O)O3. The second-order valence-electron chi connectivity index (χ2n) is 15.6. The Morgan fingerprint density at radius 2 is 1.78 bits per heavy atom. The highest BCUT2D eigenvalue weighted by Crippen LogP contribution is 2.37. The largest absolute Gasteiger partial charge is 0.496 e. The van der Waals surface area contributed by atoms with Gasteiger partial charge in [0, 0.05) is 35.1 Å². The van der Waals surface area contributed by atoms with Crippen molar-refractivity contribution in [3.05, 3.63) is 72.3 Å². The van der Waals surface area contributed by atoms with Crippen LogP contribution in [0.25, 0.3) is 28.2 Å². The molecule has 2 aromatic carbocycles. The summed E-state index contributed by atoms with van der Waals surface area (Å²) in [6.07, 6.45) is 11.0. The number of carbonyl (C=O) groups is 4. The molecule has 14 nitrogen and oxygen atoms in total. The van der Waals surface area contributed by atoms with E-state index in [1.807, 2.05) is 73.7 Å². The smallest absolute Gasteiger partial charge is 0.407 e. The van der Waals surface area contributed by atoms with Crippen molar-refractivity contribution in [1.29, 1.82) is 0 Å². The first-order valence-electron chi connectivity index (χ1n) is 20.1. The van der Waals surface area contributed by atoms with Gasteiger partial charge >= 0.3 is 6.09 Å². The highest BCUT2D eigenvalue weighted by molar-refractivity contribution is 7.90. The second kappa shape index (κ2) is 18.0. The third kappa shape index (κ3) is 9.80. The zero-order valence-electron chi connectivity index (χ0n) is 32.9. The van der Waals surface area contributed by atoms with Crippen LogP contribution in [0.5, 0.6) is 11.5 Å². The molecule has 1 aromatic heterocycles. The molecule has 4 heterocycles. The molecule has 0 radical (unpaired) electrons. The highest BCUT2D eigenvalue weighted by atomic mass is 32.2. The summed E-state index contributed by atoms with van der Waals surface area (Å²) in [6.45, 7) is 2.06. The number of ether oxygens (including phenoxy) is 3. The summed E-state index contributed by atoms with van der Waals surface area (Å²) in [6, 6.07) is 12.0. The fraction of sp³-hybridized carbons (Fsp3) is 0.465. The van der Waals surface area contributed by atoms with Gasteiger partial charge in [-0.3, -0.25) is 19.1 Å². The van der Waals surface area contributed by atoms with E-state index < -0.39 is 63.3 Å². The third-order valence-corrected chi connectivity index (χ3v) is 12.8. The first-order chi connectivity index (χ1) is 28.0. The highest BCUT2D eigenvalue weighted by Gasteiger charge is 2.45. The average Bonchev–Trinajstić information content (AvgIpc) is 4.00. The van der Waals surface area contributed by atoms with E-state index in [9.17, 15) is 27.6 Å². The topological polar surface area (TPSA) is 182 Å². The molecule has 1 saturated heterocycles. The van der Waals surface area contributed by atoms with Crippen molar-refractivity contribution >= 4 is 50.8 Å². The van der Waals surface area contributed by atoms with Gasteiger partial charge in [-0.15, -0.1) is 0 Å². The lowest BCUT2D eigenvalue weighted by Gasteiger charge is -2.29. The molecule has 58 heavy (non-hydrogen) atoms. The maximum absolute atomic E-state index is 14.6. The number of alkyl carbamates (subject to hydrolysis) is 1. The van der Waals surface area contributed by atoms with Gasteiger partial charge in [0.15, 0.2) is 0 Å². The molecule has 3 aromatic rings. The van der Waals surface area contributed by atoms with Crippen LogP contribution < -0.4 is 24.8 Å². The van der Waals surface area contributed by atoms with E-state index in [1.165, 1.54) is 4.90 Å². The predicted octanol–water partition coefficient (Wildman–Crippen LogP) is 5.41. The Bertz CT molecular complexity index is 2190. The van der Waals surface area contributed by atoms with Crippen molar-refractivity contribution in [3.8, 4) is 22.8 Å². The minimum Gasteiger partial charge on any atom is -0.496 e. The number of amides is 4. The van der Waals surface area contributed by atoms with Crippen LogP contribution in [0.1, 0.15) is 76.7 Å². The number of cyclic esters (lactones) is 1. The van der Waals surface area contributed by atoms with Crippen LogP contribution in [0.3, 0.4) is 0 Å². The van der Waals surface area contributed by atoms with E-state index in [4.69, 9.17) is 19.2 Å². The number of hydrogen-bond acceptors (Lipinski definition) is 10. The fourth-order valence-electron chi connectivity index (χ4n) is 7.62. The normalized spacial score (nSPS) is 26.1. The van der Waals surface area contributed by atoms with E-state index >= 15 is 0 Å². The number of rotatable bonds is 5.